The SMILES string of the molecule is COc1ccc(OC)c(NC(=O)C(C)Sc2nc3scc(-c4ccc(C(C)C)cc4)c3c(=O)[nH]2)c1. The van der Waals surface area contributed by atoms with Crippen LogP contribution in [0.5, 0.6) is 11.5 Å². The molecule has 7 nitrogen and oxygen atoms in total. The molecule has 4 aromatic rings. The lowest BCUT2D eigenvalue weighted by Gasteiger charge is -2.14. The molecule has 35 heavy (non-hydrogen) atoms. The number of fused-ring (bicyclic) bond motifs is 1. The minimum atomic E-state index is -0.519. The van der Waals surface area contributed by atoms with Gasteiger partial charge in [-0.05, 0) is 36.1 Å². The van der Waals surface area contributed by atoms with E-state index in [4.69, 9.17) is 9.47 Å². The molecule has 1 atom stereocenters. The second kappa shape index (κ2) is 10.5. The molecular formula is C26H27N3O4S2. The molecule has 0 saturated carbocycles. The summed E-state index contributed by atoms with van der Waals surface area (Å²) >= 11 is 2.61. The smallest absolute Gasteiger partial charge is 0.260 e. The van der Waals surface area contributed by atoms with E-state index in [1.807, 2.05) is 17.5 Å². The first-order valence-electron chi connectivity index (χ1n) is 11.1. The molecular weight excluding hydrogens is 482 g/mol. The van der Waals surface area contributed by atoms with Gasteiger partial charge in [-0.2, -0.15) is 0 Å². The number of aromatic nitrogens is 2. The molecule has 4 rings (SSSR count). The van der Waals surface area contributed by atoms with Gasteiger partial charge in [-0.3, -0.25) is 9.59 Å². The number of carbonyl (C=O) groups is 1. The van der Waals surface area contributed by atoms with Crippen LogP contribution in [0.3, 0.4) is 0 Å². The third kappa shape index (κ3) is 5.36. The average Bonchev–Trinajstić information content (AvgIpc) is 3.28. The number of nitrogens with zero attached hydrogens (tertiary/aromatic N) is 1. The summed E-state index contributed by atoms with van der Waals surface area (Å²) in [6.07, 6.45) is 0. The molecule has 0 fully saturated rings. The van der Waals surface area contributed by atoms with Crippen molar-refractivity contribution in [2.24, 2.45) is 0 Å². The number of methoxy groups -OCH3 is 2. The van der Waals surface area contributed by atoms with Crippen LogP contribution in [-0.4, -0.2) is 35.3 Å². The molecule has 2 aromatic heterocycles. The Labute approximate surface area is 211 Å². The fourth-order valence-electron chi connectivity index (χ4n) is 3.61. The molecule has 9 heteroatoms. The minimum absolute atomic E-state index is 0.219. The van der Waals surface area contributed by atoms with Crippen molar-refractivity contribution in [1.29, 1.82) is 0 Å². The Balaban J connectivity index is 1.54. The number of rotatable bonds is 8. The Morgan fingerprint density at radius 3 is 2.49 bits per heavy atom. The summed E-state index contributed by atoms with van der Waals surface area (Å²) in [4.78, 5) is 33.9. The van der Waals surface area contributed by atoms with Crippen LogP contribution < -0.4 is 20.3 Å². The second-order valence-electron chi connectivity index (χ2n) is 8.29. The van der Waals surface area contributed by atoms with Crippen molar-refractivity contribution in [2.45, 2.75) is 37.1 Å². The topological polar surface area (TPSA) is 93.3 Å². The van der Waals surface area contributed by atoms with E-state index in [0.29, 0.717) is 38.5 Å². The summed E-state index contributed by atoms with van der Waals surface area (Å²) in [6, 6.07) is 13.4. The molecule has 0 saturated heterocycles. The second-order valence-corrected chi connectivity index (χ2v) is 10.5. The van der Waals surface area contributed by atoms with E-state index < -0.39 is 5.25 Å². The quantitative estimate of drug-likeness (QED) is 0.227. The van der Waals surface area contributed by atoms with Gasteiger partial charge in [-0.15, -0.1) is 11.3 Å². The number of aromatic amines is 1. The number of nitrogens with one attached hydrogen (secondary N) is 2. The van der Waals surface area contributed by atoms with Crippen molar-refractivity contribution in [2.75, 3.05) is 19.5 Å². The first-order chi connectivity index (χ1) is 16.8. The van der Waals surface area contributed by atoms with E-state index >= 15 is 0 Å². The Morgan fingerprint density at radius 1 is 1.09 bits per heavy atom. The Bertz CT molecular complexity index is 1410. The molecule has 182 valence electrons. The standard InChI is InChI=1S/C26H27N3O4S2/c1-14(2)16-6-8-17(9-7-16)19-13-34-25-22(19)24(31)28-26(29-25)35-15(3)23(30)27-20-12-18(32-4)10-11-21(20)33-5/h6-15H,1-5H3,(H,27,30)(H,28,29,31). The van der Waals surface area contributed by atoms with Crippen molar-refractivity contribution in [3.63, 3.8) is 0 Å². The lowest BCUT2D eigenvalue weighted by atomic mass is 9.99. The van der Waals surface area contributed by atoms with Crippen molar-refractivity contribution in [1.82, 2.24) is 9.97 Å². The van der Waals surface area contributed by atoms with Gasteiger partial charge in [0.1, 0.15) is 16.3 Å². The van der Waals surface area contributed by atoms with E-state index in [2.05, 4.69) is 41.3 Å². The van der Waals surface area contributed by atoms with Gasteiger partial charge in [0.15, 0.2) is 5.16 Å². The van der Waals surface area contributed by atoms with Gasteiger partial charge in [0, 0.05) is 17.0 Å². The lowest BCUT2D eigenvalue weighted by Crippen LogP contribution is -2.23. The maximum Gasteiger partial charge on any atom is 0.260 e. The summed E-state index contributed by atoms with van der Waals surface area (Å²) in [7, 11) is 3.09. The predicted molar refractivity (Wildman–Crippen MR) is 143 cm³/mol. The zero-order valence-corrected chi connectivity index (χ0v) is 21.8. The van der Waals surface area contributed by atoms with Crippen LogP contribution in [0.2, 0.25) is 0 Å². The van der Waals surface area contributed by atoms with E-state index in [-0.39, 0.29) is 11.5 Å². The molecule has 0 aliphatic carbocycles. The Morgan fingerprint density at radius 2 is 1.83 bits per heavy atom. The van der Waals surface area contributed by atoms with Crippen LogP contribution in [0.25, 0.3) is 21.3 Å². The molecule has 0 spiro atoms. The Kier molecular flexibility index (Phi) is 7.47. The summed E-state index contributed by atoms with van der Waals surface area (Å²) in [5, 5.41) is 5.26. The number of anilines is 1. The van der Waals surface area contributed by atoms with Crippen LogP contribution >= 0.6 is 23.1 Å². The molecule has 2 heterocycles. The number of H-pyrrole nitrogens is 1. The van der Waals surface area contributed by atoms with Gasteiger partial charge in [-0.25, -0.2) is 4.98 Å². The normalized spacial score (nSPS) is 12.1. The highest BCUT2D eigenvalue weighted by Gasteiger charge is 2.20. The van der Waals surface area contributed by atoms with Crippen molar-refractivity contribution in [3.05, 3.63) is 63.8 Å². The van der Waals surface area contributed by atoms with Crippen molar-refractivity contribution < 1.29 is 14.3 Å². The first-order valence-corrected chi connectivity index (χ1v) is 12.9. The number of thiophene rings is 1. The highest BCUT2D eigenvalue weighted by molar-refractivity contribution is 8.00. The molecule has 1 unspecified atom stereocenters. The fourth-order valence-corrected chi connectivity index (χ4v) is 5.41. The molecule has 1 amide bonds. The maximum absolute atomic E-state index is 13.0. The van der Waals surface area contributed by atoms with E-state index in [1.54, 1.807) is 32.2 Å². The van der Waals surface area contributed by atoms with E-state index in [0.717, 1.165) is 11.1 Å². The highest BCUT2D eigenvalue weighted by atomic mass is 32.2. The molecule has 0 aliphatic rings. The van der Waals surface area contributed by atoms with Gasteiger partial charge in [0.25, 0.3) is 5.56 Å². The van der Waals surface area contributed by atoms with Gasteiger partial charge in [-0.1, -0.05) is 49.9 Å². The van der Waals surface area contributed by atoms with Gasteiger partial charge in [0.05, 0.1) is 30.5 Å². The minimum Gasteiger partial charge on any atom is -0.497 e. The van der Waals surface area contributed by atoms with Gasteiger partial charge in [0.2, 0.25) is 5.91 Å². The Hall–Kier alpha value is -3.30. The first kappa shape index (κ1) is 24.8. The van der Waals surface area contributed by atoms with Crippen molar-refractivity contribution in [3.8, 4) is 22.6 Å². The molecule has 0 bridgehead atoms. The molecule has 2 aromatic carbocycles. The lowest BCUT2D eigenvalue weighted by molar-refractivity contribution is -0.115. The third-order valence-corrected chi connectivity index (χ3v) is 7.49. The maximum atomic E-state index is 13.0. The monoisotopic (exact) mass is 509 g/mol. The van der Waals surface area contributed by atoms with E-state index in [1.165, 1.54) is 35.8 Å². The van der Waals surface area contributed by atoms with Crippen LogP contribution in [0.1, 0.15) is 32.3 Å². The van der Waals surface area contributed by atoms with Crippen LogP contribution in [-0.2, 0) is 4.79 Å². The highest BCUT2D eigenvalue weighted by Crippen LogP contribution is 2.33. The average molecular weight is 510 g/mol. The number of benzene rings is 2. The molecule has 0 radical (unpaired) electrons. The predicted octanol–water partition coefficient (Wildman–Crippen LogP) is 5.91. The van der Waals surface area contributed by atoms with Crippen molar-refractivity contribution >= 4 is 44.9 Å². The van der Waals surface area contributed by atoms with Crippen LogP contribution in [0.4, 0.5) is 5.69 Å². The van der Waals surface area contributed by atoms with Gasteiger partial charge < -0.3 is 19.8 Å². The molecule has 0 aliphatic heterocycles. The van der Waals surface area contributed by atoms with Gasteiger partial charge >= 0.3 is 0 Å². The third-order valence-electron chi connectivity index (χ3n) is 5.63. The summed E-state index contributed by atoms with van der Waals surface area (Å²) < 4.78 is 10.6. The van der Waals surface area contributed by atoms with Crippen LogP contribution in [0, 0.1) is 0 Å². The number of carbonyl (C=O) groups excluding carboxylic acids is 1. The summed E-state index contributed by atoms with van der Waals surface area (Å²) in [5.74, 6) is 1.32. The number of amides is 1. The fraction of sp³-hybridized carbons (Fsp3) is 0.269. The zero-order chi connectivity index (χ0) is 25.1. The number of ether oxygens (including phenoxy) is 2. The zero-order valence-electron chi connectivity index (χ0n) is 20.2. The number of thioether (sulfide) groups is 1. The summed E-state index contributed by atoms with van der Waals surface area (Å²) in [5.41, 5.74) is 3.38. The molecule has 2 N–H and O–H groups in total. The van der Waals surface area contributed by atoms with Crippen LogP contribution in [0.15, 0.2) is 57.8 Å². The largest absolute Gasteiger partial charge is 0.497 e. The number of hydrogen-bond donors (Lipinski definition) is 2. The summed E-state index contributed by atoms with van der Waals surface area (Å²) in [6.45, 7) is 6.06. The number of hydrogen-bond acceptors (Lipinski definition) is 7. The van der Waals surface area contributed by atoms with E-state index in [9.17, 15) is 9.59 Å².